The maximum Gasteiger partial charge on any atom is -0.000462 e. The minimum Gasteiger partial charge on any atom is -0.0864 e. The lowest BCUT2D eigenvalue weighted by Gasteiger charge is -1.87. The van der Waals surface area contributed by atoms with E-state index in [0.29, 0.717) is 0 Å². The van der Waals surface area contributed by atoms with E-state index in [2.05, 4.69) is 55.3 Å². The van der Waals surface area contributed by atoms with E-state index >= 15 is 0 Å². The van der Waals surface area contributed by atoms with Crippen LogP contribution in [0.15, 0.2) is 10.2 Å². The van der Waals surface area contributed by atoms with Crippen LogP contribution in [0.2, 0.25) is 0 Å². The predicted molar refractivity (Wildman–Crippen MR) is 55.9 cm³/mol. The van der Waals surface area contributed by atoms with Gasteiger partial charge in [0.25, 0.3) is 0 Å². The van der Waals surface area contributed by atoms with Gasteiger partial charge in [0.05, 0.1) is 0 Å². The molecule has 48 valence electrons. The van der Waals surface area contributed by atoms with E-state index in [-0.39, 0.29) is 0 Å². The molecule has 0 fully saturated rings. The lowest BCUT2D eigenvalue weighted by Crippen LogP contribution is -1.71. The lowest BCUT2D eigenvalue weighted by atomic mass is 10.3. The fourth-order valence-electron chi connectivity index (χ4n) is 0.420. The molecule has 0 radical (unpaired) electrons. The summed E-state index contributed by atoms with van der Waals surface area (Å²) in [6.07, 6.45) is 6.18. The van der Waals surface area contributed by atoms with Gasteiger partial charge in [-0.2, -0.15) is 0 Å². The fraction of sp³-hybridized carbons (Fsp3) is 0.667. The molecule has 0 aliphatic carbocycles. The highest BCUT2D eigenvalue weighted by molar-refractivity contribution is 14.1. The van der Waals surface area contributed by atoms with Gasteiger partial charge in [0.1, 0.15) is 0 Å². The first-order valence-electron chi connectivity index (χ1n) is 2.73. The standard InChI is InChI=1S/C6H10I2/c7-5-3-1-2-4-6-8/h3,5H,1-2,4,6H2. The van der Waals surface area contributed by atoms with Crippen molar-refractivity contribution in [3.63, 3.8) is 0 Å². The lowest BCUT2D eigenvalue weighted by molar-refractivity contribution is 0.832. The maximum atomic E-state index is 2.41. The van der Waals surface area contributed by atoms with Gasteiger partial charge in [-0.25, -0.2) is 0 Å². The van der Waals surface area contributed by atoms with Crippen molar-refractivity contribution in [1.29, 1.82) is 0 Å². The topological polar surface area (TPSA) is 0 Å². The maximum absolute atomic E-state index is 2.41. The van der Waals surface area contributed by atoms with Gasteiger partial charge in [-0.3, -0.25) is 0 Å². The molecular formula is C6H10I2. The first-order chi connectivity index (χ1) is 3.91. The van der Waals surface area contributed by atoms with Gasteiger partial charge < -0.3 is 0 Å². The van der Waals surface area contributed by atoms with Crippen molar-refractivity contribution >= 4 is 45.2 Å². The van der Waals surface area contributed by atoms with Crippen molar-refractivity contribution in [3.8, 4) is 0 Å². The Morgan fingerprint density at radius 2 is 2.00 bits per heavy atom. The molecule has 0 amide bonds. The molecule has 0 spiro atoms. The van der Waals surface area contributed by atoms with Gasteiger partial charge in [-0.05, 0) is 27.8 Å². The van der Waals surface area contributed by atoms with Crippen LogP contribution in [-0.4, -0.2) is 4.43 Å². The summed E-state index contributed by atoms with van der Waals surface area (Å²) in [7, 11) is 0. The quantitative estimate of drug-likeness (QED) is 0.419. The highest BCUT2D eigenvalue weighted by Crippen LogP contribution is 2.00. The number of hydrogen-bond donors (Lipinski definition) is 0. The third-order valence-corrected chi connectivity index (χ3v) is 2.11. The van der Waals surface area contributed by atoms with Gasteiger partial charge in [0.15, 0.2) is 0 Å². The van der Waals surface area contributed by atoms with E-state index in [1.54, 1.807) is 0 Å². The monoisotopic (exact) mass is 336 g/mol. The van der Waals surface area contributed by atoms with Crippen molar-refractivity contribution in [2.24, 2.45) is 0 Å². The molecule has 0 atom stereocenters. The number of rotatable bonds is 4. The van der Waals surface area contributed by atoms with Crippen LogP contribution in [0, 0.1) is 0 Å². The van der Waals surface area contributed by atoms with Crippen LogP contribution in [-0.2, 0) is 0 Å². The van der Waals surface area contributed by atoms with Crippen molar-refractivity contribution in [3.05, 3.63) is 10.2 Å². The van der Waals surface area contributed by atoms with Gasteiger partial charge in [0, 0.05) is 0 Å². The van der Waals surface area contributed by atoms with Crippen LogP contribution in [0.5, 0.6) is 0 Å². The van der Waals surface area contributed by atoms with Crippen molar-refractivity contribution in [1.82, 2.24) is 0 Å². The molecular weight excluding hydrogens is 326 g/mol. The molecule has 0 bridgehead atoms. The van der Waals surface area contributed by atoms with Gasteiger partial charge in [0.2, 0.25) is 0 Å². The molecule has 0 N–H and O–H groups in total. The molecule has 0 saturated heterocycles. The summed E-state index contributed by atoms with van der Waals surface area (Å²) in [6.45, 7) is 0. The molecule has 8 heavy (non-hydrogen) atoms. The number of hydrogen-bond acceptors (Lipinski definition) is 0. The zero-order chi connectivity index (χ0) is 6.24. The second-order valence-electron chi connectivity index (χ2n) is 1.55. The second kappa shape index (κ2) is 8.20. The van der Waals surface area contributed by atoms with Crippen LogP contribution in [0.25, 0.3) is 0 Å². The molecule has 0 unspecified atom stereocenters. The van der Waals surface area contributed by atoms with Crippen LogP contribution >= 0.6 is 45.2 Å². The van der Waals surface area contributed by atoms with E-state index in [9.17, 15) is 0 Å². The smallest absolute Gasteiger partial charge is 0.000462 e. The summed E-state index contributed by atoms with van der Waals surface area (Å²) in [5.41, 5.74) is 0. The summed E-state index contributed by atoms with van der Waals surface area (Å²) in [5, 5.41) is 0. The Hall–Kier alpha value is 1.20. The zero-order valence-corrected chi connectivity index (χ0v) is 9.05. The molecule has 0 aromatic rings. The minimum absolute atomic E-state index is 1.26. The Bertz CT molecular complexity index is 59.5. The molecule has 0 aliphatic rings. The normalized spacial score (nSPS) is 10.8. The van der Waals surface area contributed by atoms with E-state index < -0.39 is 0 Å². The minimum atomic E-state index is 1.26. The summed E-state index contributed by atoms with van der Waals surface area (Å²) in [4.78, 5) is 0. The highest BCUT2D eigenvalue weighted by Gasteiger charge is 1.79. The fourth-order valence-corrected chi connectivity index (χ4v) is 1.32. The van der Waals surface area contributed by atoms with Crippen LogP contribution in [0.3, 0.4) is 0 Å². The molecule has 0 saturated carbocycles. The molecule has 0 heterocycles. The first kappa shape index (κ1) is 9.20. The van der Waals surface area contributed by atoms with Crippen molar-refractivity contribution in [2.45, 2.75) is 19.3 Å². The van der Waals surface area contributed by atoms with Gasteiger partial charge >= 0.3 is 0 Å². The Morgan fingerprint density at radius 1 is 1.25 bits per heavy atom. The van der Waals surface area contributed by atoms with E-state index in [0.717, 1.165) is 0 Å². The van der Waals surface area contributed by atoms with Crippen LogP contribution < -0.4 is 0 Å². The molecule has 0 rings (SSSR count). The van der Waals surface area contributed by atoms with Crippen LogP contribution in [0.4, 0.5) is 0 Å². The third-order valence-electron chi connectivity index (χ3n) is 0.844. The van der Waals surface area contributed by atoms with E-state index in [1.165, 1.54) is 23.7 Å². The Morgan fingerprint density at radius 3 is 2.50 bits per heavy atom. The Labute approximate surface area is 78.4 Å². The SMILES string of the molecule is IC=CCCCCI. The zero-order valence-electron chi connectivity index (χ0n) is 4.74. The van der Waals surface area contributed by atoms with Crippen LogP contribution in [0.1, 0.15) is 19.3 Å². The Kier molecular flexibility index (Phi) is 9.43. The number of alkyl halides is 1. The molecule has 0 nitrogen and oxygen atoms in total. The van der Waals surface area contributed by atoms with E-state index in [4.69, 9.17) is 0 Å². The van der Waals surface area contributed by atoms with Gasteiger partial charge in [-0.15, -0.1) is 0 Å². The van der Waals surface area contributed by atoms with Crippen molar-refractivity contribution in [2.75, 3.05) is 4.43 Å². The summed E-state index contributed by atoms with van der Waals surface area (Å²) in [6, 6.07) is 0. The molecule has 0 aromatic carbocycles. The number of allylic oxidation sites excluding steroid dienone is 1. The summed E-state index contributed by atoms with van der Waals surface area (Å²) in [5.74, 6) is 0. The number of unbranched alkanes of at least 4 members (excludes halogenated alkanes) is 2. The molecule has 2 heteroatoms. The molecule has 0 aromatic heterocycles. The third kappa shape index (κ3) is 7.20. The first-order valence-corrected chi connectivity index (χ1v) is 5.50. The average Bonchev–Trinajstić information content (AvgIpc) is 1.81. The summed E-state index contributed by atoms with van der Waals surface area (Å²) < 4.78 is 3.39. The van der Waals surface area contributed by atoms with Gasteiger partial charge in [-0.1, -0.05) is 51.3 Å². The Balaban J connectivity index is 2.72. The predicted octanol–water partition coefficient (Wildman–Crippen LogP) is 3.54. The number of halogens is 2. The second-order valence-corrected chi connectivity index (χ2v) is 3.34. The molecule has 0 aliphatic heterocycles. The highest BCUT2D eigenvalue weighted by atomic mass is 127. The van der Waals surface area contributed by atoms with Crippen molar-refractivity contribution < 1.29 is 0 Å². The largest absolute Gasteiger partial charge is 0.0864 e. The average molecular weight is 336 g/mol. The van der Waals surface area contributed by atoms with E-state index in [1.807, 2.05) is 0 Å². The summed E-state index contributed by atoms with van der Waals surface area (Å²) >= 11 is 4.67.